The van der Waals surface area contributed by atoms with E-state index >= 15 is 0 Å². The van der Waals surface area contributed by atoms with Crippen LogP contribution in [0.3, 0.4) is 0 Å². The highest BCUT2D eigenvalue weighted by Gasteiger charge is 2.09. The molecule has 0 saturated carbocycles. The summed E-state index contributed by atoms with van der Waals surface area (Å²) in [5.74, 6) is 5.76. The zero-order valence-electron chi connectivity index (χ0n) is 18.1. The van der Waals surface area contributed by atoms with Crippen molar-refractivity contribution in [2.75, 3.05) is 13.2 Å². The third-order valence-electron chi connectivity index (χ3n) is 4.55. The van der Waals surface area contributed by atoms with Crippen molar-refractivity contribution in [3.05, 3.63) is 24.8 Å². The van der Waals surface area contributed by atoms with Crippen molar-refractivity contribution in [2.24, 2.45) is 0 Å². The van der Waals surface area contributed by atoms with Gasteiger partial charge in [-0.3, -0.25) is 0 Å². The van der Waals surface area contributed by atoms with Crippen LogP contribution in [0.25, 0.3) is 0 Å². The van der Waals surface area contributed by atoms with E-state index in [1.54, 1.807) is 6.08 Å². The molecular formula is C25H44O2. The van der Waals surface area contributed by atoms with Gasteiger partial charge in [-0.1, -0.05) is 89.7 Å². The van der Waals surface area contributed by atoms with Gasteiger partial charge in [-0.05, 0) is 50.7 Å². The molecule has 0 rings (SSSR count). The predicted octanol–water partition coefficient (Wildman–Crippen LogP) is 7.59. The maximum atomic E-state index is 6.04. The van der Waals surface area contributed by atoms with Gasteiger partial charge in [0.2, 0.25) is 0 Å². The van der Waals surface area contributed by atoms with Crippen LogP contribution in [-0.4, -0.2) is 19.5 Å². The van der Waals surface area contributed by atoms with E-state index in [4.69, 9.17) is 9.47 Å². The van der Waals surface area contributed by atoms with Gasteiger partial charge in [0.05, 0.1) is 0 Å². The quantitative estimate of drug-likeness (QED) is 0.131. The minimum atomic E-state index is -0.0214. The Morgan fingerprint density at radius 3 is 1.89 bits per heavy atom. The molecule has 0 saturated heterocycles. The topological polar surface area (TPSA) is 18.5 Å². The predicted molar refractivity (Wildman–Crippen MR) is 119 cm³/mol. The number of hydrogen-bond donors (Lipinski definition) is 0. The molecule has 2 nitrogen and oxygen atoms in total. The number of hydrogen-bond acceptors (Lipinski definition) is 2. The third kappa shape index (κ3) is 21.1. The van der Waals surface area contributed by atoms with Crippen LogP contribution in [0.1, 0.15) is 104 Å². The fourth-order valence-corrected chi connectivity index (χ4v) is 2.88. The second-order valence-electron chi connectivity index (χ2n) is 7.18. The van der Waals surface area contributed by atoms with Crippen molar-refractivity contribution in [1.82, 2.24) is 0 Å². The molecule has 0 atom stereocenters. The van der Waals surface area contributed by atoms with Crippen molar-refractivity contribution < 1.29 is 9.47 Å². The molecule has 0 bridgehead atoms. The molecular weight excluding hydrogens is 332 g/mol. The number of ether oxygens (including phenoxy) is 2. The molecule has 27 heavy (non-hydrogen) atoms. The van der Waals surface area contributed by atoms with Crippen LogP contribution in [0.2, 0.25) is 0 Å². The summed E-state index contributed by atoms with van der Waals surface area (Å²) < 4.78 is 12.1. The fraction of sp³-hybridized carbons (Fsp3) is 0.760. The van der Waals surface area contributed by atoms with Gasteiger partial charge in [-0.2, -0.15) is 0 Å². The van der Waals surface area contributed by atoms with E-state index in [1.807, 2.05) is 6.08 Å². The largest absolute Gasteiger partial charge is 0.353 e. The van der Waals surface area contributed by atoms with Gasteiger partial charge in [0, 0.05) is 13.2 Å². The molecule has 0 unspecified atom stereocenters. The Hall–Kier alpha value is -1.04. The van der Waals surface area contributed by atoms with Gasteiger partial charge in [0.1, 0.15) is 0 Å². The van der Waals surface area contributed by atoms with Gasteiger partial charge < -0.3 is 9.47 Å². The summed E-state index contributed by atoms with van der Waals surface area (Å²) in [7, 11) is 0. The zero-order valence-corrected chi connectivity index (χ0v) is 18.1. The van der Waals surface area contributed by atoms with Crippen LogP contribution in [-0.2, 0) is 9.47 Å². The van der Waals surface area contributed by atoms with Crippen LogP contribution in [0.15, 0.2) is 24.8 Å². The minimum Gasteiger partial charge on any atom is -0.353 e. The molecule has 0 aliphatic rings. The lowest BCUT2D eigenvalue weighted by molar-refractivity contribution is -0.148. The van der Waals surface area contributed by atoms with E-state index < -0.39 is 0 Å². The van der Waals surface area contributed by atoms with E-state index in [1.165, 1.54) is 51.4 Å². The highest BCUT2D eigenvalue weighted by atomic mass is 16.7. The van der Waals surface area contributed by atoms with E-state index in [0.717, 1.165) is 51.7 Å². The summed E-state index contributed by atoms with van der Waals surface area (Å²) in [6.45, 7) is 9.76. The van der Waals surface area contributed by atoms with Gasteiger partial charge in [0.25, 0.3) is 0 Å². The van der Waals surface area contributed by atoms with Gasteiger partial charge in [-0.25, -0.2) is 0 Å². The molecule has 0 aliphatic carbocycles. The summed E-state index contributed by atoms with van der Waals surface area (Å²) in [6.07, 6.45) is 22.7. The maximum absolute atomic E-state index is 6.04. The highest BCUT2D eigenvalue weighted by molar-refractivity contribution is 5.21. The maximum Gasteiger partial charge on any atom is 0.157 e. The van der Waals surface area contributed by atoms with Crippen LogP contribution in [0.5, 0.6) is 0 Å². The van der Waals surface area contributed by atoms with E-state index in [-0.39, 0.29) is 6.29 Å². The summed E-state index contributed by atoms with van der Waals surface area (Å²) in [6, 6.07) is 0. The molecule has 0 N–H and O–H groups in total. The van der Waals surface area contributed by atoms with Gasteiger partial charge in [-0.15, -0.1) is 0 Å². The van der Waals surface area contributed by atoms with Gasteiger partial charge >= 0.3 is 0 Å². The average molecular weight is 377 g/mol. The second-order valence-corrected chi connectivity index (χ2v) is 7.18. The SMILES string of the molecule is C=CC#C/C=C/CCCCC(OCCCCCCC)OCCCCCCC. The lowest BCUT2D eigenvalue weighted by Gasteiger charge is -2.18. The Labute approximate surface area is 169 Å². The zero-order chi connectivity index (χ0) is 19.8. The molecule has 0 aliphatic heterocycles. The van der Waals surface area contributed by atoms with E-state index in [0.29, 0.717) is 0 Å². The first kappa shape index (κ1) is 26.0. The first-order valence-corrected chi connectivity index (χ1v) is 11.3. The second kappa shape index (κ2) is 23.0. The first-order chi connectivity index (χ1) is 13.3. The molecule has 0 amide bonds. The lowest BCUT2D eigenvalue weighted by atomic mass is 10.1. The van der Waals surface area contributed by atoms with Crippen molar-refractivity contribution in [3.8, 4) is 11.8 Å². The van der Waals surface area contributed by atoms with Gasteiger partial charge in [0.15, 0.2) is 6.29 Å². The first-order valence-electron chi connectivity index (χ1n) is 11.3. The van der Waals surface area contributed by atoms with Crippen LogP contribution >= 0.6 is 0 Å². The molecule has 2 heteroatoms. The summed E-state index contributed by atoms with van der Waals surface area (Å²) in [5, 5.41) is 0. The van der Waals surface area contributed by atoms with Crippen LogP contribution < -0.4 is 0 Å². The average Bonchev–Trinajstić information content (AvgIpc) is 2.68. The number of allylic oxidation sites excluding steroid dienone is 3. The van der Waals surface area contributed by atoms with Crippen LogP contribution in [0.4, 0.5) is 0 Å². The fourth-order valence-electron chi connectivity index (χ4n) is 2.88. The third-order valence-corrected chi connectivity index (χ3v) is 4.55. The molecule has 0 fully saturated rings. The molecule has 0 radical (unpaired) electrons. The molecule has 0 aromatic heterocycles. The number of rotatable bonds is 19. The normalized spacial score (nSPS) is 11.1. The standard InChI is InChI=1S/C25H44O2/c1-4-7-10-13-14-15-16-19-22-25(26-23-20-17-11-8-5-2)27-24-21-18-12-9-6-3/h4,13-14,25H,1,5-6,8-9,11-12,15-24H2,2-3H3/b14-13+. The smallest absolute Gasteiger partial charge is 0.157 e. The summed E-state index contributed by atoms with van der Waals surface area (Å²) in [4.78, 5) is 0. The molecule has 0 heterocycles. The Morgan fingerprint density at radius 1 is 0.741 bits per heavy atom. The molecule has 0 aromatic carbocycles. The molecule has 0 aromatic rings. The summed E-state index contributed by atoms with van der Waals surface area (Å²) >= 11 is 0. The minimum absolute atomic E-state index is 0.0214. The lowest BCUT2D eigenvalue weighted by Crippen LogP contribution is -2.19. The Kier molecular flexibility index (Phi) is 22.1. The van der Waals surface area contributed by atoms with Crippen LogP contribution in [0, 0.1) is 11.8 Å². The monoisotopic (exact) mass is 376 g/mol. The molecule has 156 valence electrons. The molecule has 0 spiro atoms. The van der Waals surface area contributed by atoms with E-state index in [9.17, 15) is 0 Å². The Morgan fingerprint density at radius 2 is 1.33 bits per heavy atom. The van der Waals surface area contributed by atoms with Crippen molar-refractivity contribution in [3.63, 3.8) is 0 Å². The number of unbranched alkanes of at least 4 members (excludes halogenated alkanes) is 10. The van der Waals surface area contributed by atoms with E-state index in [2.05, 4.69) is 38.3 Å². The van der Waals surface area contributed by atoms with Crippen molar-refractivity contribution in [1.29, 1.82) is 0 Å². The Bertz CT molecular complexity index is 373. The Balaban J connectivity index is 3.92. The van der Waals surface area contributed by atoms with Crippen molar-refractivity contribution in [2.45, 2.75) is 110 Å². The summed E-state index contributed by atoms with van der Waals surface area (Å²) in [5.41, 5.74) is 0. The van der Waals surface area contributed by atoms with Crippen molar-refractivity contribution >= 4 is 0 Å². The highest BCUT2D eigenvalue weighted by Crippen LogP contribution is 2.12.